The molecule has 0 bridgehead atoms. The molecule has 1 aliphatic carbocycles. The van der Waals surface area contributed by atoms with E-state index in [1.807, 2.05) is 4.68 Å². The molecule has 0 radical (unpaired) electrons. The second-order valence-electron chi connectivity index (χ2n) is 2.64. The molecule has 1 aromatic rings. The fourth-order valence-electron chi connectivity index (χ4n) is 1.02. The summed E-state index contributed by atoms with van der Waals surface area (Å²) >= 11 is 6.75. The van der Waals surface area contributed by atoms with E-state index in [-0.39, 0.29) is 0 Å². The Balaban J connectivity index is 2.36. The number of aromatic nitrogens is 3. The smallest absolute Gasteiger partial charge is 0.152 e. The minimum absolute atomic E-state index is 0.612. The van der Waals surface area contributed by atoms with Crippen LogP contribution in [0.1, 0.15) is 24.6 Å². The average Bonchev–Trinajstić information content (AvgIpc) is 2.76. The topological polar surface area (TPSA) is 30.7 Å². The molecule has 1 heterocycles. The van der Waals surface area contributed by atoms with Crippen LogP contribution in [0.25, 0.3) is 0 Å². The molecule has 0 N–H and O–H groups in total. The molecule has 1 aliphatic rings. The van der Waals surface area contributed by atoms with E-state index in [0.29, 0.717) is 6.04 Å². The highest BCUT2D eigenvalue weighted by Gasteiger charge is 2.27. The van der Waals surface area contributed by atoms with Crippen molar-refractivity contribution in [2.24, 2.45) is 0 Å². The van der Waals surface area contributed by atoms with Crippen LogP contribution in [-0.2, 0) is 5.33 Å². The van der Waals surface area contributed by atoms with Gasteiger partial charge in [-0.25, -0.2) is 4.68 Å². The fourth-order valence-corrected chi connectivity index (χ4v) is 2.31. The molecule has 0 saturated heterocycles. The number of halogens is 2. The van der Waals surface area contributed by atoms with E-state index in [9.17, 15) is 0 Å². The monoisotopic (exact) mass is 279 g/mol. The first-order valence-electron chi connectivity index (χ1n) is 3.48. The SMILES string of the molecule is BrCc1c(Br)nnn1C1CC1. The van der Waals surface area contributed by atoms with Gasteiger partial charge in [0.25, 0.3) is 0 Å². The molecule has 3 nitrogen and oxygen atoms in total. The summed E-state index contributed by atoms with van der Waals surface area (Å²) in [5.74, 6) is 0. The van der Waals surface area contributed by atoms with Crippen molar-refractivity contribution >= 4 is 31.9 Å². The van der Waals surface area contributed by atoms with Gasteiger partial charge in [0.1, 0.15) is 0 Å². The number of nitrogens with zero attached hydrogens (tertiary/aromatic N) is 3. The summed E-state index contributed by atoms with van der Waals surface area (Å²) in [7, 11) is 0. The lowest BCUT2D eigenvalue weighted by atomic mass is 10.5. The third kappa shape index (κ3) is 1.36. The van der Waals surface area contributed by atoms with Crippen LogP contribution in [0.4, 0.5) is 0 Å². The van der Waals surface area contributed by atoms with Crippen LogP contribution in [0.2, 0.25) is 0 Å². The summed E-state index contributed by atoms with van der Waals surface area (Å²) < 4.78 is 2.86. The third-order valence-electron chi connectivity index (χ3n) is 1.76. The maximum atomic E-state index is 4.04. The van der Waals surface area contributed by atoms with E-state index >= 15 is 0 Å². The summed E-state index contributed by atoms with van der Waals surface area (Å²) in [6.45, 7) is 0. The van der Waals surface area contributed by atoms with Gasteiger partial charge in [0.2, 0.25) is 0 Å². The lowest BCUT2D eigenvalue weighted by Crippen LogP contribution is -2.00. The van der Waals surface area contributed by atoms with E-state index in [0.717, 1.165) is 15.6 Å². The summed E-state index contributed by atoms with van der Waals surface area (Å²) in [6, 6.07) is 0.612. The predicted molar refractivity (Wildman–Crippen MR) is 48.6 cm³/mol. The number of alkyl halides is 1. The standard InChI is InChI=1S/C6H7Br2N3/c7-3-5-6(8)9-10-11(5)4-1-2-4/h4H,1-3H2. The first-order valence-corrected chi connectivity index (χ1v) is 5.40. The van der Waals surface area contributed by atoms with Gasteiger partial charge in [-0.05, 0) is 28.8 Å². The van der Waals surface area contributed by atoms with Crippen LogP contribution < -0.4 is 0 Å². The lowest BCUT2D eigenvalue weighted by Gasteiger charge is -1.99. The van der Waals surface area contributed by atoms with Gasteiger partial charge in [-0.1, -0.05) is 21.1 Å². The van der Waals surface area contributed by atoms with Crippen molar-refractivity contribution in [3.05, 3.63) is 10.3 Å². The van der Waals surface area contributed by atoms with Crippen LogP contribution in [-0.4, -0.2) is 15.0 Å². The zero-order chi connectivity index (χ0) is 7.84. The van der Waals surface area contributed by atoms with Crippen molar-refractivity contribution in [1.82, 2.24) is 15.0 Å². The summed E-state index contributed by atoms with van der Waals surface area (Å²) in [5, 5.41) is 8.80. The molecular formula is C6H7Br2N3. The normalized spacial score (nSPS) is 17.3. The van der Waals surface area contributed by atoms with Crippen LogP contribution in [0.5, 0.6) is 0 Å². The lowest BCUT2D eigenvalue weighted by molar-refractivity contribution is 0.594. The molecule has 0 amide bonds. The summed E-state index contributed by atoms with van der Waals surface area (Å²) in [4.78, 5) is 0. The van der Waals surface area contributed by atoms with Crippen molar-refractivity contribution in [1.29, 1.82) is 0 Å². The molecule has 1 aromatic heterocycles. The van der Waals surface area contributed by atoms with Crippen molar-refractivity contribution < 1.29 is 0 Å². The van der Waals surface area contributed by atoms with E-state index in [2.05, 4.69) is 42.2 Å². The average molecular weight is 281 g/mol. The Morgan fingerprint density at radius 3 is 2.82 bits per heavy atom. The van der Waals surface area contributed by atoms with Crippen LogP contribution in [0.15, 0.2) is 4.60 Å². The van der Waals surface area contributed by atoms with Crippen molar-refractivity contribution in [2.75, 3.05) is 0 Å². The molecule has 0 aliphatic heterocycles. The van der Waals surface area contributed by atoms with Crippen LogP contribution >= 0.6 is 31.9 Å². The van der Waals surface area contributed by atoms with Crippen molar-refractivity contribution in [2.45, 2.75) is 24.2 Å². The largest absolute Gasteiger partial charge is 0.244 e. The van der Waals surface area contributed by atoms with Gasteiger partial charge in [0.15, 0.2) is 4.60 Å². The Morgan fingerprint density at radius 1 is 1.55 bits per heavy atom. The maximum Gasteiger partial charge on any atom is 0.152 e. The molecule has 2 rings (SSSR count). The van der Waals surface area contributed by atoms with Gasteiger partial charge in [-0.3, -0.25) is 0 Å². The van der Waals surface area contributed by atoms with Gasteiger partial charge in [0.05, 0.1) is 11.7 Å². The zero-order valence-electron chi connectivity index (χ0n) is 5.80. The molecule has 0 aromatic carbocycles. The molecule has 5 heteroatoms. The van der Waals surface area contributed by atoms with Crippen LogP contribution in [0, 0.1) is 0 Å². The van der Waals surface area contributed by atoms with Gasteiger partial charge in [-0.15, -0.1) is 5.10 Å². The first-order chi connectivity index (χ1) is 5.33. The molecule has 11 heavy (non-hydrogen) atoms. The molecule has 0 spiro atoms. The molecule has 0 atom stereocenters. The maximum absolute atomic E-state index is 4.04. The zero-order valence-corrected chi connectivity index (χ0v) is 8.97. The Labute approximate surface area is 81.4 Å². The highest BCUT2D eigenvalue weighted by molar-refractivity contribution is 9.10. The van der Waals surface area contributed by atoms with Crippen LogP contribution in [0.3, 0.4) is 0 Å². The Morgan fingerprint density at radius 2 is 2.27 bits per heavy atom. The van der Waals surface area contributed by atoms with E-state index < -0.39 is 0 Å². The van der Waals surface area contributed by atoms with Gasteiger partial charge >= 0.3 is 0 Å². The predicted octanol–water partition coefficient (Wildman–Crippen LogP) is 2.27. The first kappa shape index (κ1) is 7.73. The Kier molecular flexibility index (Phi) is 2.01. The van der Waals surface area contributed by atoms with Crippen molar-refractivity contribution in [3.63, 3.8) is 0 Å². The van der Waals surface area contributed by atoms with Gasteiger partial charge < -0.3 is 0 Å². The second kappa shape index (κ2) is 2.86. The molecular weight excluding hydrogens is 274 g/mol. The summed E-state index contributed by atoms with van der Waals surface area (Å²) in [5.41, 5.74) is 1.15. The third-order valence-corrected chi connectivity index (χ3v) is 2.91. The van der Waals surface area contributed by atoms with Gasteiger partial charge in [-0.2, -0.15) is 0 Å². The molecule has 60 valence electrons. The van der Waals surface area contributed by atoms with Crippen molar-refractivity contribution in [3.8, 4) is 0 Å². The fraction of sp³-hybridized carbons (Fsp3) is 0.667. The van der Waals surface area contributed by atoms with E-state index in [1.165, 1.54) is 12.8 Å². The molecule has 1 saturated carbocycles. The molecule has 1 fully saturated rings. The Bertz CT molecular complexity index is 267. The highest BCUT2D eigenvalue weighted by Crippen LogP contribution is 2.36. The van der Waals surface area contributed by atoms with E-state index in [4.69, 9.17) is 0 Å². The van der Waals surface area contributed by atoms with E-state index in [1.54, 1.807) is 0 Å². The number of hydrogen-bond acceptors (Lipinski definition) is 2. The minimum Gasteiger partial charge on any atom is -0.244 e. The number of hydrogen-bond donors (Lipinski definition) is 0. The minimum atomic E-state index is 0.612. The summed E-state index contributed by atoms with van der Waals surface area (Å²) in [6.07, 6.45) is 2.49. The number of rotatable bonds is 2. The van der Waals surface area contributed by atoms with Gasteiger partial charge in [0, 0.05) is 5.33 Å². The highest BCUT2D eigenvalue weighted by atomic mass is 79.9. The quantitative estimate of drug-likeness (QED) is 0.778. The second-order valence-corrected chi connectivity index (χ2v) is 3.95. The molecule has 0 unspecified atom stereocenters. The Hall–Kier alpha value is 0.1000.